The summed E-state index contributed by atoms with van der Waals surface area (Å²) in [6.07, 6.45) is 2.44. The third-order valence-corrected chi connectivity index (χ3v) is 4.55. The first-order valence-electron chi connectivity index (χ1n) is 6.58. The minimum absolute atomic E-state index is 0.131. The molecule has 0 saturated carbocycles. The Hall–Kier alpha value is -1.36. The molecule has 0 amide bonds. The fraction of sp³-hybridized carbons (Fsp3) is 0.267. The summed E-state index contributed by atoms with van der Waals surface area (Å²) in [5.74, 6) is 0. The van der Waals surface area contributed by atoms with Gasteiger partial charge in [0.15, 0.2) is 5.22 Å². The predicted octanol–water partition coefficient (Wildman–Crippen LogP) is 4.44. The van der Waals surface area contributed by atoms with Gasteiger partial charge in [-0.1, -0.05) is 19.1 Å². The van der Waals surface area contributed by atoms with Crippen molar-refractivity contribution in [2.75, 3.05) is 6.54 Å². The van der Waals surface area contributed by atoms with Crippen LogP contribution >= 0.6 is 22.9 Å². The van der Waals surface area contributed by atoms with Gasteiger partial charge in [-0.3, -0.25) is 0 Å². The van der Waals surface area contributed by atoms with Crippen molar-refractivity contribution >= 4 is 33.2 Å². The summed E-state index contributed by atoms with van der Waals surface area (Å²) in [4.78, 5) is 4.68. The van der Waals surface area contributed by atoms with Gasteiger partial charge >= 0.3 is 0 Å². The van der Waals surface area contributed by atoms with Gasteiger partial charge in [0.25, 0.3) is 0 Å². The van der Waals surface area contributed by atoms with E-state index >= 15 is 0 Å². The molecule has 104 valence electrons. The Balaban J connectivity index is 1.88. The summed E-state index contributed by atoms with van der Waals surface area (Å²) in [7, 11) is 0. The largest absolute Gasteiger partial charge is 0.453 e. The maximum absolute atomic E-state index is 6.09. The number of furan rings is 1. The topological polar surface area (TPSA) is 38.1 Å². The average Bonchev–Trinajstić information content (AvgIpc) is 3.03. The lowest BCUT2D eigenvalue weighted by atomic mass is 10.1. The molecule has 20 heavy (non-hydrogen) atoms. The number of hydrogen-bond donors (Lipinski definition) is 1. The second-order valence-corrected chi connectivity index (χ2v) is 6.00. The number of hydrogen-bond acceptors (Lipinski definition) is 4. The van der Waals surface area contributed by atoms with Crippen LogP contribution in [0.4, 0.5) is 0 Å². The Morgan fingerprint density at radius 2 is 2.20 bits per heavy atom. The van der Waals surface area contributed by atoms with E-state index in [4.69, 9.17) is 16.0 Å². The molecule has 1 atom stereocenters. The quantitative estimate of drug-likeness (QED) is 0.757. The summed E-state index contributed by atoms with van der Waals surface area (Å²) in [5.41, 5.74) is 2.05. The van der Waals surface area contributed by atoms with Gasteiger partial charge in [0.1, 0.15) is 0 Å². The highest BCUT2D eigenvalue weighted by Crippen LogP contribution is 2.29. The third kappa shape index (κ3) is 2.73. The van der Waals surface area contributed by atoms with Crippen LogP contribution in [-0.2, 0) is 6.42 Å². The van der Waals surface area contributed by atoms with E-state index in [0.29, 0.717) is 5.22 Å². The van der Waals surface area contributed by atoms with Gasteiger partial charge in [-0.25, -0.2) is 4.98 Å². The molecule has 0 fully saturated rings. The number of halogens is 1. The third-order valence-electron chi connectivity index (χ3n) is 3.19. The zero-order valence-electron chi connectivity index (χ0n) is 11.1. The van der Waals surface area contributed by atoms with Gasteiger partial charge in [-0.2, -0.15) is 0 Å². The molecule has 2 aromatic heterocycles. The number of aromatic nitrogens is 1. The van der Waals surface area contributed by atoms with Gasteiger partial charge < -0.3 is 9.73 Å². The van der Waals surface area contributed by atoms with Gasteiger partial charge in [-0.05, 0) is 36.3 Å². The van der Waals surface area contributed by atoms with Gasteiger partial charge in [-0.15, -0.1) is 11.3 Å². The van der Waals surface area contributed by atoms with E-state index < -0.39 is 0 Å². The second-order valence-electron chi connectivity index (χ2n) is 4.54. The molecule has 0 bridgehead atoms. The zero-order chi connectivity index (χ0) is 13.9. The molecule has 0 aliphatic rings. The van der Waals surface area contributed by atoms with Crippen LogP contribution in [0, 0.1) is 0 Å². The molecule has 3 rings (SSSR count). The lowest BCUT2D eigenvalue weighted by molar-refractivity contribution is 0.526. The molecule has 1 unspecified atom stereocenters. The molecular formula is C15H15ClN2OS. The summed E-state index contributed by atoms with van der Waals surface area (Å²) in [5, 5.41) is 5.00. The van der Waals surface area contributed by atoms with E-state index in [-0.39, 0.29) is 6.04 Å². The molecule has 0 saturated heterocycles. The molecule has 5 heteroatoms. The number of thiazole rings is 1. The lowest BCUT2D eigenvalue weighted by Gasteiger charge is -2.15. The number of likely N-dealkylation sites (N-methyl/N-ethyl adjacent to an activating group) is 1. The van der Waals surface area contributed by atoms with E-state index in [9.17, 15) is 0 Å². The van der Waals surface area contributed by atoms with Crippen LogP contribution in [0.3, 0.4) is 0 Å². The SMILES string of the molecule is CCNC(Cc1nc2ccccc2s1)c1ccoc1Cl. The summed E-state index contributed by atoms with van der Waals surface area (Å²) in [6, 6.07) is 10.3. The van der Waals surface area contributed by atoms with Crippen molar-refractivity contribution in [2.24, 2.45) is 0 Å². The zero-order valence-corrected chi connectivity index (χ0v) is 12.7. The van der Waals surface area contributed by atoms with Crippen molar-refractivity contribution in [1.29, 1.82) is 0 Å². The Labute approximate surface area is 126 Å². The average molecular weight is 307 g/mol. The summed E-state index contributed by atoms with van der Waals surface area (Å²) in [6.45, 7) is 2.95. The monoisotopic (exact) mass is 306 g/mol. The highest BCUT2D eigenvalue weighted by molar-refractivity contribution is 7.18. The maximum atomic E-state index is 6.09. The number of nitrogens with zero attached hydrogens (tertiary/aromatic N) is 1. The highest BCUT2D eigenvalue weighted by atomic mass is 35.5. The maximum Gasteiger partial charge on any atom is 0.197 e. The van der Waals surface area contributed by atoms with Crippen molar-refractivity contribution in [3.05, 3.63) is 52.4 Å². The van der Waals surface area contributed by atoms with Crippen molar-refractivity contribution in [2.45, 2.75) is 19.4 Å². The van der Waals surface area contributed by atoms with E-state index in [1.807, 2.05) is 24.3 Å². The van der Waals surface area contributed by atoms with Crippen LogP contribution in [0.2, 0.25) is 5.22 Å². The molecule has 3 nitrogen and oxygen atoms in total. The minimum Gasteiger partial charge on any atom is -0.453 e. The Kier molecular flexibility index (Phi) is 4.05. The minimum atomic E-state index is 0.131. The first-order valence-corrected chi connectivity index (χ1v) is 7.78. The fourth-order valence-electron chi connectivity index (χ4n) is 2.27. The van der Waals surface area contributed by atoms with Crippen LogP contribution < -0.4 is 5.32 Å². The van der Waals surface area contributed by atoms with Crippen LogP contribution in [0.15, 0.2) is 41.0 Å². The molecule has 2 heterocycles. The molecule has 0 aliphatic heterocycles. The van der Waals surface area contributed by atoms with E-state index in [1.165, 1.54) is 4.70 Å². The van der Waals surface area contributed by atoms with Crippen LogP contribution in [0.5, 0.6) is 0 Å². The number of benzene rings is 1. The number of fused-ring (bicyclic) bond motifs is 1. The lowest BCUT2D eigenvalue weighted by Crippen LogP contribution is -2.22. The standard InChI is InChI=1S/C15H15ClN2OS/c1-2-17-12(10-7-8-19-15(10)16)9-14-18-11-5-3-4-6-13(11)20-14/h3-8,12,17H,2,9H2,1H3. The van der Waals surface area contributed by atoms with Crippen molar-refractivity contribution in [1.82, 2.24) is 10.3 Å². The molecule has 1 aromatic carbocycles. The molecule has 0 aliphatic carbocycles. The molecular weight excluding hydrogens is 292 g/mol. The molecule has 3 aromatic rings. The van der Waals surface area contributed by atoms with Gasteiger partial charge in [0.2, 0.25) is 0 Å². The normalized spacial score (nSPS) is 12.9. The Morgan fingerprint density at radius 1 is 1.35 bits per heavy atom. The second kappa shape index (κ2) is 5.95. The van der Waals surface area contributed by atoms with E-state index in [1.54, 1.807) is 17.6 Å². The van der Waals surface area contributed by atoms with Crippen LogP contribution in [0.1, 0.15) is 23.5 Å². The van der Waals surface area contributed by atoms with E-state index in [2.05, 4.69) is 23.3 Å². The van der Waals surface area contributed by atoms with E-state index in [0.717, 1.165) is 29.1 Å². The van der Waals surface area contributed by atoms with Crippen molar-refractivity contribution in [3.8, 4) is 0 Å². The first-order chi connectivity index (χ1) is 9.78. The number of nitrogens with one attached hydrogen (secondary N) is 1. The number of rotatable bonds is 5. The van der Waals surface area contributed by atoms with Crippen LogP contribution in [0.25, 0.3) is 10.2 Å². The first kappa shape index (κ1) is 13.6. The Morgan fingerprint density at radius 3 is 2.90 bits per heavy atom. The van der Waals surface area contributed by atoms with Crippen molar-refractivity contribution < 1.29 is 4.42 Å². The van der Waals surface area contributed by atoms with Gasteiger partial charge in [0.05, 0.1) is 21.5 Å². The molecule has 1 N–H and O–H groups in total. The fourth-order valence-corrected chi connectivity index (χ4v) is 3.53. The Bertz CT molecular complexity index is 674. The number of para-hydroxylation sites is 1. The van der Waals surface area contributed by atoms with Crippen LogP contribution in [-0.4, -0.2) is 11.5 Å². The molecule has 0 radical (unpaired) electrons. The predicted molar refractivity (Wildman–Crippen MR) is 83.5 cm³/mol. The molecule has 0 spiro atoms. The summed E-state index contributed by atoms with van der Waals surface area (Å²) >= 11 is 7.82. The van der Waals surface area contributed by atoms with Gasteiger partial charge in [0, 0.05) is 18.0 Å². The van der Waals surface area contributed by atoms with Crippen molar-refractivity contribution in [3.63, 3.8) is 0 Å². The smallest absolute Gasteiger partial charge is 0.197 e. The highest BCUT2D eigenvalue weighted by Gasteiger charge is 2.18. The summed E-state index contributed by atoms with van der Waals surface area (Å²) < 4.78 is 6.42.